The van der Waals surface area contributed by atoms with Gasteiger partial charge in [0, 0.05) is 13.3 Å². The number of aromatic nitrogens is 3. The van der Waals surface area contributed by atoms with E-state index in [0.29, 0.717) is 5.69 Å². The molecule has 8 nitrogen and oxygen atoms in total. The fourth-order valence-corrected chi connectivity index (χ4v) is 1.67. The number of methoxy groups -OCH3 is 1. The van der Waals surface area contributed by atoms with Gasteiger partial charge in [0.2, 0.25) is 0 Å². The van der Waals surface area contributed by atoms with Gasteiger partial charge in [-0.25, -0.2) is 9.50 Å². The average Bonchev–Trinajstić information content (AvgIpc) is 2.66. The summed E-state index contributed by atoms with van der Waals surface area (Å²) in [6.45, 7) is 0.0832. The van der Waals surface area contributed by atoms with Gasteiger partial charge in [0.05, 0.1) is 6.61 Å². The van der Waals surface area contributed by atoms with Crippen LogP contribution in [0.1, 0.15) is 26.5 Å². The first-order chi connectivity index (χ1) is 8.56. The van der Waals surface area contributed by atoms with Gasteiger partial charge in [-0.05, 0) is 6.07 Å². The molecule has 0 atom stereocenters. The molecule has 2 aromatic rings. The van der Waals surface area contributed by atoms with Gasteiger partial charge in [-0.15, -0.1) is 0 Å². The van der Waals surface area contributed by atoms with Crippen LogP contribution in [-0.4, -0.2) is 33.5 Å². The van der Waals surface area contributed by atoms with Gasteiger partial charge >= 0.3 is 0 Å². The Hall–Kier alpha value is -2.48. The summed E-state index contributed by atoms with van der Waals surface area (Å²) in [6, 6.07) is 1.41. The molecule has 0 aliphatic carbocycles. The lowest BCUT2D eigenvalue weighted by molar-refractivity contribution is 0.0985. The zero-order chi connectivity index (χ0) is 13.3. The molecule has 2 heterocycles. The number of amides is 2. The monoisotopic (exact) mass is 249 g/mol. The molecule has 2 amide bonds. The molecular formula is C10H11N5O3. The molecule has 0 aliphatic heterocycles. The topological polar surface area (TPSA) is 126 Å². The maximum absolute atomic E-state index is 11.4. The van der Waals surface area contributed by atoms with Crippen molar-refractivity contribution in [1.82, 2.24) is 14.6 Å². The molecule has 0 bridgehead atoms. The first-order valence-corrected chi connectivity index (χ1v) is 5.01. The molecule has 2 aromatic heterocycles. The van der Waals surface area contributed by atoms with E-state index in [2.05, 4.69) is 10.1 Å². The molecule has 0 saturated carbocycles. The van der Waals surface area contributed by atoms with E-state index in [4.69, 9.17) is 16.2 Å². The third kappa shape index (κ3) is 1.78. The fourth-order valence-electron chi connectivity index (χ4n) is 1.67. The number of hydrogen-bond donors (Lipinski definition) is 2. The van der Waals surface area contributed by atoms with Crippen LogP contribution in [0.2, 0.25) is 0 Å². The van der Waals surface area contributed by atoms with Crippen molar-refractivity contribution in [3.05, 3.63) is 29.2 Å². The molecule has 8 heteroatoms. The first kappa shape index (κ1) is 12.0. The summed E-state index contributed by atoms with van der Waals surface area (Å²) in [5, 5.41) is 4.07. The van der Waals surface area contributed by atoms with Gasteiger partial charge in [-0.2, -0.15) is 5.10 Å². The number of fused-ring (bicyclic) bond motifs is 1. The van der Waals surface area contributed by atoms with Gasteiger partial charge < -0.3 is 16.2 Å². The van der Waals surface area contributed by atoms with Crippen LogP contribution >= 0.6 is 0 Å². The number of nitrogens with two attached hydrogens (primary N) is 2. The number of nitrogens with zero attached hydrogens (tertiary/aromatic N) is 3. The second kappa shape index (κ2) is 4.41. The Balaban J connectivity index is 2.79. The van der Waals surface area contributed by atoms with Crippen molar-refractivity contribution in [1.29, 1.82) is 0 Å². The summed E-state index contributed by atoms with van der Waals surface area (Å²) in [4.78, 5) is 26.6. The van der Waals surface area contributed by atoms with E-state index in [1.807, 2.05) is 0 Å². The van der Waals surface area contributed by atoms with Gasteiger partial charge in [-0.3, -0.25) is 9.59 Å². The number of ether oxygens (including phenoxy) is 1. The first-order valence-electron chi connectivity index (χ1n) is 5.01. The predicted molar refractivity (Wildman–Crippen MR) is 60.7 cm³/mol. The molecule has 0 unspecified atom stereocenters. The fraction of sp³-hybridized carbons (Fsp3) is 0.200. The minimum atomic E-state index is -0.689. The summed E-state index contributed by atoms with van der Waals surface area (Å²) in [5.41, 5.74) is 11.2. The Morgan fingerprint density at radius 1 is 1.39 bits per heavy atom. The van der Waals surface area contributed by atoms with Crippen molar-refractivity contribution in [2.45, 2.75) is 6.61 Å². The third-order valence-electron chi connectivity index (χ3n) is 2.37. The van der Waals surface area contributed by atoms with E-state index in [1.54, 1.807) is 0 Å². The summed E-state index contributed by atoms with van der Waals surface area (Å²) < 4.78 is 6.11. The molecule has 18 heavy (non-hydrogen) atoms. The van der Waals surface area contributed by atoms with Crippen molar-refractivity contribution < 1.29 is 14.3 Å². The molecule has 2 rings (SSSR count). The lowest BCUT2D eigenvalue weighted by Gasteiger charge is -1.98. The molecule has 0 fully saturated rings. The SMILES string of the molecule is COCc1nn2c(C(N)=O)ccnc2c1C(N)=O. The van der Waals surface area contributed by atoms with Crippen molar-refractivity contribution in [3.63, 3.8) is 0 Å². The van der Waals surface area contributed by atoms with Gasteiger partial charge in [0.25, 0.3) is 11.8 Å². The largest absolute Gasteiger partial charge is 0.378 e. The molecular weight excluding hydrogens is 238 g/mol. The summed E-state index contributed by atoms with van der Waals surface area (Å²) in [6.07, 6.45) is 1.36. The summed E-state index contributed by atoms with van der Waals surface area (Å²) in [5.74, 6) is -1.36. The van der Waals surface area contributed by atoms with Crippen molar-refractivity contribution >= 4 is 17.5 Å². The smallest absolute Gasteiger partial charge is 0.267 e. The molecule has 0 saturated heterocycles. The summed E-state index contributed by atoms with van der Waals surface area (Å²) >= 11 is 0. The molecule has 0 radical (unpaired) electrons. The van der Waals surface area contributed by atoms with Crippen LogP contribution in [0.5, 0.6) is 0 Å². The molecule has 4 N–H and O–H groups in total. The molecule has 0 spiro atoms. The van der Waals surface area contributed by atoms with Gasteiger partial charge in [0.15, 0.2) is 5.65 Å². The zero-order valence-corrected chi connectivity index (χ0v) is 9.58. The van der Waals surface area contributed by atoms with E-state index in [9.17, 15) is 9.59 Å². The second-order valence-corrected chi connectivity index (χ2v) is 3.55. The Morgan fingerprint density at radius 2 is 2.11 bits per heavy atom. The Labute approximate surface area is 102 Å². The predicted octanol–water partition coefficient (Wildman–Crippen LogP) is -0.926. The van der Waals surface area contributed by atoms with Crippen LogP contribution in [0.4, 0.5) is 0 Å². The maximum atomic E-state index is 11.4. The van der Waals surface area contributed by atoms with E-state index < -0.39 is 11.8 Å². The molecule has 0 aromatic carbocycles. The summed E-state index contributed by atoms with van der Waals surface area (Å²) in [7, 11) is 1.46. The highest BCUT2D eigenvalue weighted by molar-refractivity contribution is 6.01. The standard InChI is InChI=1S/C10H11N5O3/c1-18-4-5-7(9(12)17)10-13-3-2-6(8(11)16)15(10)14-5/h2-3H,4H2,1H3,(H2,11,16)(H2,12,17). The number of rotatable bonds is 4. The van der Waals surface area contributed by atoms with E-state index in [-0.39, 0.29) is 23.5 Å². The lowest BCUT2D eigenvalue weighted by Crippen LogP contribution is -2.17. The molecule has 94 valence electrons. The van der Waals surface area contributed by atoms with Gasteiger partial charge in [-0.1, -0.05) is 0 Å². The normalized spacial score (nSPS) is 10.7. The van der Waals surface area contributed by atoms with Gasteiger partial charge in [0.1, 0.15) is 17.0 Å². The van der Waals surface area contributed by atoms with Crippen LogP contribution in [0, 0.1) is 0 Å². The highest BCUT2D eigenvalue weighted by atomic mass is 16.5. The van der Waals surface area contributed by atoms with Crippen LogP contribution in [0.25, 0.3) is 5.65 Å². The Morgan fingerprint density at radius 3 is 2.67 bits per heavy atom. The van der Waals surface area contributed by atoms with E-state index in [1.165, 1.54) is 23.9 Å². The number of hydrogen-bond acceptors (Lipinski definition) is 5. The number of carbonyl (C=O) groups excluding carboxylic acids is 2. The quantitative estimate of drug-likeness (QED) is 0.724. The minimum absolute atomic E-state index is 0.0832. The highest BCUT2D eigenvalue weighted by Crippen LogP contribution is 2.15. The van der Waals surface area contributed by atoms with Crippen molar-refractivity contribution in [3.8, 4) is 0 Å². The van der Waals surface area contributed by atoms with Crippen molar-refractivity contribution in [2.24, 2.45) is 11.5 Å². The Bertz CT molecular complexity index is 634. The van der Waals surface area contributed by atoms with Crippen LogP contribution in [0.15, 0.2) is 12.3 Å². The van der Waals surface area contributed by atoms with Crippen LogP contribution < -0.4 is 11.5 Å². The number of primary amides is 2. The van der Waals surface area contributed by atoms with Crippen LogP contribution in [-0.2, 0) is 11.3 Å². The lowest BCUT2D eigenvalue weighted by atomic mass is 10.2. The Kier molecular flexibility index (Phi) is 2.94. The maximum Gasteiger partial charge on any atom is 0.267 e. The number of carbonyl (C=O) groups is 2. The van der Waals surface area contributed by atoms with E-state index in [0.717, 1.165) is 0 Å². The second-order valence-electron chi connectivity index (χ2n) is 3.55. The zero-order valence-electron chi connectivity index (χ0n) is 9.58. The third-order valence-corrected chi connectivity index (χ3v) is 2.37. The molecule has 0 aliphatic rings. The van der Waals surface area contributed by atoms with E-state index >= 15 is 0 Å². The average molecular weight is 249 g/mol. The minimum Gasteiger partial charge on any atom is -0.378 e. The highest BCUT2D eigenvalue weighted by Gasteiger charge is 2.21. The van der Waals surface area contributed by atoms with Crippen molar-refractivity contribution in [2.75, 3.05) is 7.11 Å². The van der Waals surface area contributed by atoms with Crippen LogP contribution in [0.3, 0.4) is 0 Å².